The van der Waals surface area contributed by atoms with Gasteiger partial charge in [0.25, 0.3) is 0 Å². The first-order valence-electron chi connectivity index (χ1n) is 5.83. The van der Waals surface area contributed by atoms with Crippen LogP contribution in [-0.4, -0.2) is 15.9 Å². The summed E-state index contributed by atoms with van der Waals surface area (Å²) < 4.78 is 1.00. The largest absolute Gasteiger partial charge is 0.302 e. The molecule has 0 bridgehead atoms. The molecule has 20 heavy (non-hydrogen) atoms. The maximum absolute atomic E-state index is 11.0. The van der Waals surface area contributed by atoms with E-state index in [1.54, 1.807) is 12.3 Å². The third-order valence-corrected chi connectivity index (χ3v) is 3.81. The number of rotatable bonds is 2. The van der Waals surface area contributed by atoms with Crippen LogP contribution in [0.1, 0.15) is 6.92 Å². The maximum atomic E-state index is 11.0. The van der Waals surface area contributed by atoms with E-state index in [1.807, 2.05) is 18.2 Å². The average Bonchev–Trinajstić information content (AvgIpc) is 2.79. The van der Waals surface area contributed by atoms with Crippen LogP contribution in [-0.2, 0) is 4.79 Å². The summed E-state index contributed by atoms with van der Waals surface area (Å²) in [6.45, 7) is 1.46. The molecule has 0 saturated carbocycles. The van der Waals surface area contributed by atoms with Crippen molar-refractivity contribution in [3.05, 3.63) is 41.7 Å². The summed E-state index contributed by atoms with van der Waals surface area (Å²) in [5.41, 5.74) is 2.80. The van der Waals surface area contributed by atoms with Gasteiger partial charge in [-0.15, -0.1) is 0 Å². The van der Waals surface area contributed by atoms with E-state index >= 15 is 0 Å². The van der Waals surface area contributed by atoms with Crippen LogP contribution in [0.4, 0.5) is 5.13 Å². The van der Waals surface area contributed by atoms with Crippen molar-refractivity contribution in [2.75, 3.05) is 5.32 Å². The van der Waals surface area contributed by atoms with E-state index in [2.05, 4.69) is 21.4 Å². The zero-order valence-electron chi connectivity index (χ0n) is 10.5. The Morgan fingerprint density at radius 3 is 2.95 bits per heavy atom. The number of nitrogens with zero attached hydrogens (tertiary/aromatic N) is 2. The summed E-state index contributed by atoms with van der Waals surface area (Å²) in [7, 11) is 0. The van der Waals surface area contributed by atoms with Crippen LogP contribution < -0.4 is 5.32 Å². The molecule has 1 radical (unpaired) electrons. The Kier molecular flexibility index (Phi) is 3.38. The first-order chi connectivity index (χ1) is 9.61. The highest BCUT2D eigenvalue weighted by molar-refractivity contribution is 7.22. The molecule has 0 fully saturated rings. The number of amides is 1. The van der Waals surface area contributed by atoms with Crippen LogP contribution >= 0.6 is 22.9 Å². The highest BCUT2D eigenvalue weighted by atomic mass is 35.5. The van der Waals surface area contributed by atoms with E-state index in [0.717, 1.165) is 21.3 Å². The Labute approximate surface area is 124 Å². The minimum absolute atomic E-state index is 0.124. The summed E-state index contributed by atoms with van der Waals surface area (Å²) in [6, 6.07) is 10.5. The van der Waals surface area contributed by atoms with Crippen LogP contribution in [0.15, 0.2) is 30.5 Å². The van der Waals surface area contributed by atoms with Crippen molar-refractivity contribution in [2.24, 2.45) is 0 Å². The third-order valence-electron chi connectivity index (χ3n) is 2.67. The molecule has 3 rings (SSSR count). The van der Waals surface area contributed by atoms with Gasteiger partial charge in [-0.1, -0.05) is 29.0 Å². The number of halogens is 1. The second kappa shape index (κ2) is 5.19. The minimum atomic E-state index is -0.124. The van der Waals surface area contributed by atoms with E-state index in [9.17, 15) is 4.79 Å². The Balaban J connectivity index is 2.01. The van der Waals surface area contributed by atoms with Gasteiger partial charge in [-0.25, -0.2) is 9.97 Å². The molecule has 2 heterocycles. The van der Waals surface area contributed by atoms with Crippen LogP contribution in [0.5, 0.6) is 0 Å². The standard InChI is InChI=1S/C14H9ClN3OS/c1-8(19)17-14-18-11-4-2-9(6-12(11)20-14)10-3-5-13(15)16-7-10/h2-4,6-7H,1H3,(H,17,18,19). The molecule has 6 heteroatoms. The number of aromatic nitrogens is 2. The number of nitrogens with one attached hydrogen (secondary N) is 1. The van der Waals surface area contributed by atoms with Gasteiger partial charge in [-0.3, -0.25) is 4.79 Å². The number of benzene rings is 1. The van der Waals surface area contributed by atoms with Gasteiger partial charge in [0.05, 0.1) is 10.2 Å². The van der Waals surface area contributed by atoms with E-state index in [-0.39, 0.29) is 5.91 Å². The van der Waals surface area contributed by atoms with Gasteiger partial charge in [-0.05, 0) is 23.8 Å². The topological polar surface area (TPSA) is 54.9 Å². The van der Waals surface area contributed by atoms with Crippen molar-refractivity contribution in [3.8, 4) is 11.1 Å². The van der Waals surface area contributed by atoms with Crippen LogP contribution in [0.3, 0.4) is 0 Å². The van der Waals surface area contributed by atoms with Gasteiger partial charge < -0.3 is 5.32 Å². The van der Waals surface area contributed by atoms with E-state index in [1.165, 1.54) is 18.3 Å². The fourth-order valence-electron chi connectivity index (χ4n) is 1.80. The molecule has 0 saturated heterocycles. The van der Waals surface area contributed by atoms with Crippen LogP contribution in [0.25, 0.3) is 21.3 Å². The Morgan fingerprint density at radius 1 is 1.40 bits per heavy atom. The molecule has 3 aromatic rings. The lowest BCUT2D eigenvalue weighted by molar-refractivity contribution is -0.114. The first kappa shape index (κ1) is 13.0. The van der Waals surface area contributed by atoms with Gasteiger partial charge >= 0.3 is 0 Å². The lowest BCUT2D eigenvalue weighted by Gasteiger charge is -2.00. The maximum Gasteiger partial charge on any atom is 0.223 e. The first-order valence-corrected chi connectivity index (χ1v) is 7.03. The average molecular weight is 303 g/mol. The van der Waals surface area contributed by atoms with E-state index < -0.39 is 0 Å². The SMILES string of the molecule is CC(=O)Nc1nc2ccc(-c3c[c]c(Cl)nc3)cc2s1. The Morgan fingerprint density at radius 2 is 2.25 bits per heavy atom. The predicted octanol–water partition coefficient (Wildman–Crippen LogP) is 3.77. The second-order valence-electron chi connectivity index (χ2n) is 4.18. The summed E-state index contributed by atoms with van der Waals surface area (Å²) >= 11 is 7.17. The molecule has 1 N–H and O–H groups in total. The molecule has 0 aliphatic heterocycles. The van der Waals surface area contributed by atoms with Crippen molar-refractivity contribution >= 4 is 44.2 Å². The molecule has 1 aromatic carbocycles. The number of fused-ring (bicyclic) bond motifs is 1. The highest BCUT2D eigenvalue weighted by Gasteiger charge is 2.07. The van der Waals surface area contributed by atoms with Crippen LogP contribution in [0.2, 0.25) is 5.15 Å². The van der Waals surface area contributed by atoms with Crippen molar-refractivity contribution in [3.63, 3.8) is 0 Å². The zero-order chi connectivity index (χ0) is 14.1. The van der Waals surface area contributed by atoms with Crippen LogP contribution in [0, 0.1) is 6.07 Å². The fourth-order valence-corrected chi connectivity index (χ4v) is 2.86. The molecule has 2 aromatic heterocycles. The third kappa shape index (κ3) is 2.64. The molecule has 4 nitrogen and oxygen atoms in total. The fraction of sp³-hybridized carbons (Fsp3) is 0.0714. The molecular weight excluding hydrogens is 294 g/mol. The van der Waals surface area contributed by atoms with Gasteiger partial charge in [0.15, 0.2) is 5.13 Å². The molecule has 0 aliphatic carbocycles. The number of anilines is 1. The summed E-state index contributed by atoms with van der Waals surface area (Å²) in [5.74, 6) is -0.124. The molecule has 0 aliphatic rings. The van der Waals surface area contributed by atoms with E-state index in [0.29, 0.717) is 10.3 Å². The number of carbonyl (C=O) groups excluding carboxylic acids is 1. The molecule has 99 valence electrons. The number of hydrogen-bond acceptors (Lipinski definition) is 4. The predicted molar refractivity (Wildman–Crippen MR) is 81.0 cm³/mol. The number of hydrogen-bond donors (Lipinski definition) is 1. The molecule has 0 unspecified atom stereocenters. The number of thiazole rings is 1. The highest BCUT2D eigenvalue weighted by Crippen LogP contribution is 2.30. The van der Waals surface area contributed by atoms with Crippen molar-refractivity contribution in [1.82, 2.24) is 9.97 Å². The van der Waals surface area contributed by atoms with Crippen molar-refractivity contribution in [1.29, 1.82) is 0 Å². The normalized spacial score (nSPS) is 10.7. The molecular formula is C14H9ClN3OS. The molecule has 0 spiro atoms. The number of carbonyl (C=O) groups is 1. The smallest absolute Gasteiger partial charge is 0.223 e. The summed E-state index contributed by atoms with van der Waals surface area (Å²) in [4.78, 5) is 19.4. The lowest BCUT2D eigenvalue weighted by atomic mass is 10.1. The monoisotopic (exact) mass is 302 g/mol. The quantitative estimate of drug-likeness (QED) is 0.733. The second-order valence-corrected chi connectivity index (χ2v) is 5.56. The number of pyridine rings is 1. The van der Waals surface area contributed by atoms with Crippen molar-refractivity contribution < 1.29 is 4.79 Å². The van der Waals surface area contributed by atoms with Gasteiger partial charge in [-0.2, -0.15) is 0 Å². The Hall–Kier alpha value is -1.98. The van der Waals surface area contributed by atoms with Gasteiger partial charge in [0.2, 0.25) is 5.91 Å². The van der Waals surface area contributed by atoms with Gasteiger partial charge in [0.1, 0.15) is 5.15 Å². The zero-order valence-corrected chi connectivity index (χ0v) is 12.0. The summed E-state index contributed by atoms with van der Waals surface area (Å²) in [6.07, 6.45) is 1.70. The van der Waals surface area contributed by atoms with E-state index in [4.69, 9.17) is 11.6 Å². The minimum Gasteiger partial charge on any atom is -0.302 e. The van der Waals surface area contributed by atoms with Gasteiger partial charge in [0, 0.05) is 24.8 Å². The summed E-state index contributed by atoms with van der Waals surface area (Å²) in [5, 5.41) is 3.64. The van der Waals surface area contributed by atoms with Crippen molar-refractivity contribution in [2.45, 2.75) is 6.92 Å². The Bertz CT molecular complexity index is 783. The lowest BCUT2D eigenvalue weighted by Crippen LogP contribution is -2.04. The molecule has 0 atom stereocenters. The molecule has 1 amide bonds.